The first kappa shape index (κ1) is 5.03. The van der Waals surface area contributed by atoms with Gasteiger partial charge in [0.2, 0.25) is 0 Å². The molecule has 0 N–H and O–H groups in total. The third-order valence-corrected chi connectivity index (χ3v) is 1.97. The van der Waals surface area contributed by atoms with Crippen LogP contribution in [0.2, 0.25) is 0 Å². The van der Waals surface area contributed by atoms with Crippen LogP contribution in [0, 0.1) is 0 Å². The van der Waals surface area contributed by atoms with Crippen LogP contribution < -0.4 is 0 Å². The molecule has 2 heterocycles. The maximum absolute atomic E-state index is 10.9. The summed E-state index contributed by atoms with van der Waals surface area (Å²) < 4.78 is 0. The van der Waals surface area contributed by atoms with E-state index < -0.39 is 0 Å². The van der Waals surface area contributed by atoms with Crippen molar-refractivity contribution < 1.29 is 4.79 Å². The highest BCUT2D eigenvalue weighted by Gasteiger charge is 2.27. The van der Waals surface area contributed by atoms with E-state index in [4.69, 9.17) is 0 Å². The van der Waals surface area contributed by atoms with E-state index in [9.17, 15) is 4.79 Å². The summed E-state index contributed by atoms with van der Waals surface area (Å²) in [5, 5.41) is 0. The van der Waals surface area contributed by atoms with E-state index in [1.807, 2.05) is 0 Å². The highest BCUT2D eigenvalue weighted by atomic mass is 16.1. The molecule has 2 aliphatic rings. The van der Waals surface area contributed by atoms with Crippen LogP contribution in [-0.4, -0.2) is 23.8 Å². The Morgan fingerprint density at radius 3 is 3.11 bits per heavy atom. The smallest absolute Gasteiger partial charge is 0.180 e. The zero-order valence-corrected chi connectivity index (χ0v) is 5.26. The van der Waals surface area contributed by atoms with Gasteiger partial charge < -0.3 is 4.90 Å². The van der Waals surface area contributed by atoms with Crippen molar-refractivity contribution in [3.8, 4) is 0 Å². The molecule has 0 spiro atoms. The second-order valence-corrected chi connectivity index (χ2v) is 2.54. The van der Waals surface area contributed by atoms with E-state index >= 15 is 0 Å². The number of Topliss-reactive ketones (excluding diaryl/α,β-unsaturated/α-hetero) is 1. The summed E-state index contributed by atoms with van der Waals surface area (Å²) in [6.07, 6.45) is 3.86. The van der Waals surface area contributed by atoms with E-state index in [0.717, 1.165) is 31.6 Å². The summed E-state index contributed by atoms with van der Waals surface area (Å²) in [5.74, 6) is 0.340. The lowest BCUT2D eigenvalue weighted by Gasteiger charge is -2.09. The fourth-order valence-corrected chi connectivity index (χ4v) is 1.49. The van der Waals surface area contributed by atoms with E-state index in [1.54, 1.807) is 0 Å². The molecule has 1 fully saturated rings. The third kappa shape index (κ3) is 0.590. The minimum Gasteiger partial charge on any atom is -0.368 e. The van der Waals surface area contributed by atoms with Gasteiger partial charge in [0.25, 0.3) is 0 Å². The minimum atomic E-state index is 0.340. The third-order valence-electron chi connectivity index (χ3n) is 1.97. The summed E-state index contributed by atoms with van der Waals surface area (Å²) >= 11 is 0. The van der Waals surface area contributed by atoms with Gasteiger partial charge in [-0.05, 0) is 6.42 Å². The molecular weight excluding hydrogens is 114 g/mol. The molecule has 0 aromatic carbocycles. The molecule has 1 saturated heterocycles. The van der Waals surface area contributed by atoms with Gasteiger partial charge in [-0.2, -0.15) is 0 Å². The van der Waals surface area contributed by atoms with E-state index in [1.165, 1.54) is 0 Å². The van der Waals surface area contributed by atoms with Gasteiger partial charge in [0.05, 0.1) is 5.70 Å². The molecule has 2 rings (SSSR count). The number of carbonyl (C=O) groups excluding carboxylic acids is 1. The van der Waals surface area contributed by atoms with Crippen LogP contribution in [0.4, 0.5) is 0 Å². The van der Waals surface area contributed by atoms with Crippen LogP contribution in [0.25, 0.3) is 0 Å². The fourth-order valence-electron chi connectivity index (χ4n) is 1.49. The molecule has 2 nitrogen and oxygen atoms in total. The summed E-state index contributed by atoms with van der Waals surface area (Å²) in [6.45, 7) is 2.03. The van der Waals surface area contributed by atoms with Crippen LogP contribution in [0.15, 0.2) is 11.8 Å². The first-order valence-corrected chi connectivity index (χ1v) is 3.36. The van der Waals surface area contributed by atoms with Crippen LogP contribution >= 0.6 is 0 Å². The average molecular weight is 123 g/mol. The maximum Gasteiger partial charge on any atom is 0.180 e. The number of carbonyl (C=O) groups is 1. The average Bonchev–Trinajstić information content (AvgIpc) is 2.35. The number of nitrogens with zero attached hydrogens (tertiary/aromatic N) is 1. The molecule has 2 heteroatoms. The monoisotopic (exact) mass is 123 g/mol. The zero-order valence-electron chi connectivity index (χ0n) is 5.26. The molecule has 0 unspecified atom stereocenters. The lowest BCUT2D eigenvalue weighted by Crippen LogP contribution is -2.13. The van der Waals surface area contributed by atoms with E-state index in [0.29, 0.717) is 5.78 Å². The number of ketones is 1. The highest BCUT2D eigenvalue weighted by Crippen LogP contribution is 2.22. The minimum absolute atomic E-state index is 0.340. The summed E-state index contributed by atoms with van der Waals surface area (Å²) in [6, 6.07) is 0. The first-order chi connectivity index (χ1) is 4.38. The van der Waals surface area contributed by atoms with Crippen molar-refractivity contribution in [3.05, 3.63) is 11.8 Å². The largest absolute Gasteiger partial charge is 0.368 e. The zero-order chi connectivity index (χ0) is 6.27. The Hall–Kier alpha value is -0.790. The Morgan fingerprint density at radius 1 is 1.44 bits per heavy atom. The lowest BCUT2D eigenvalue weighted by molar-refractivity contribution is -0.114. The quantitative estimate of drug-likeness (QED) is 0.469. The van der Waals surface area contributed by atoms with Crippen molar-refractivity contribution in [2.24, 2.45) is 0 Å². The molecule has 0 aromatic rings. The van der Waals surface area contributed by atoms with Crippen LogP contribution in [0.3, 0.4) is 0 Å². The molecule has 0 atom stereocenters. The Kier molecular flexibility index (Phi) is 0.891. The number of fused-ring (bicyclic) bond motifs is 1. The molecule has 0 aromatic heterocycles. The topological polar surface area (TPSA) is 20.3 Å². The van der Waals surface area contributed by atoms with Gasteiger partial charge in [-0.15, -0.1) is 0 Å². The molecule has 2 aliphatic heterocycles. The predicted molar refractivity (Wildman–Crippen MR) is 33.9 cm³/mol. The van der Waals surface area contributed by atoms with Gasteiger partial charge in [-0.25, -0.2) is 0 Å². The predicted octanol–water partition coefficient (Wildman–Crippen LogP) is 0.549. The number of allylic oxidation sites excluding steroid dienone is 1. The van der Waals surface area contributed by atoms with Crippen molar-refractivity contribution in [1.82, 2.24) is 4.90 Å². The standard InChI is InChI=1S/C7H9NO/c9-7-3-5-8-4-1-2-6(7)8/h2H,1,3-5H2. The second-order valence-electron chi connectivity index (χ2n) is 2.54. The van der Waals surface area contributed by atoms with Gasteiger partial charge in [-0.1, -0.05) is 6.08 Å². The second kappa shape index (κ2) is 1.59. The van der Waals surface area contributed by atoms with Gasteiger partial charge in [-0.3, -0.25) is 4.79 Å². The summed E-state index contributed by atoms with van der Waals surface area (Å²) in [7, 11) is 0. The Labute approximate surface area is 54.1 Å². The molecule has 48 valence electrons. The maximum atomic E-state index is 10.9. The molecule has 0 aliphatic carbocycles. The Balaban J connectivity index is 2.32. The van der Waals surface area contributed by atoms with E-state index in [2.05, 4.69) is 11.0 Å². The van der Waals surface area contributed by atoms with Gasteiger partial charge >= 0.3 is 0 Å². The summed E-state index contributed by atoms with van der Waals surface area (Å²) in [5.41, 5.74) is 0.981. The molecule has 0 bridgehead atoms. The number of hydrogen-bond acceptors (Lipinski definition) is 2. The van der Waals surface area contributed by atoms with Gasteiger partial charge in [0.15, 0.2) is 5.78 Å². The molecule has 9 heavy (non-hydrogen) atoms. The van der Waals surface area contributed by atoms with Gasteiger partial charge in [0.1, 0.15) is 0 Å². The summed E-state index contributed by atoms with van der Waals surface area (Å²) in [4.78, 5) is 13.1. The molecular formula is C7H9NO. The molecule has 0 amide bonds. The fraction of sp³-hybridized carbons (Fsp3) is 0.571. The number of rotatable bonds is 0. The Morgan fingerprint density at radius 2 is 2.33 bits per heavy atom. The first-order valence-electron chi connectivity index (χ1n) is 3.36. The lowest BCUT2D eigenvalue weighted by atomic mass is 10.3. The highest BCUT2D eigenvalue weighted by molar-refractivity contribution is 5.97. The van der Waals surface area contributed by atoms with Crippen molar-refractivity contribution in [2.45, 2.75) is 12.8 Å². The van der Waals surface area contributed by atoms with Crippen molar-refractivity contribution >= 4 is 5.78 Å². The van der Waals surface area contributed by atoms with Crippen molar-refractivity contribution in [2.75, 3.05) is 13.1 Å². The van der Waals surface area contributed by atoms with Crippen LogP contribution in [-0.2, 0) is 4.79 Å². The normalized spacial score (nSPS) is 24.7. The van der Waals surface area contributed by atoms with Crippen LogP contribution in [0.1, 0.15) is 12.8 Å². The SMILES string of the molecule is O=C1CCN2CCC=C12. The van der Waals surface area contributed by atoms with Crippen molar-refractivity contribution in [1.29, 1.82) is 0 Å². The van der Waals surface area contributed by atoms with E-state index in [-0.39, 0.29) is 0 Å². The Bertz CT molecular complexity index is 183. The molecule has 0 radical (unpaired) electrons. The van der Waals surface area contributed by atoms with Gasteiger partial charge in [0, 0.05) is 19.5 Å². The van der Waals surface area contributed by atoms with Crippen LogP contribution in [0.5, 0.6) is 0 Å². The number of hydrogen-bond donors (Lipinski definition) is 0. The van der Waals surface area contributed by atoms with Crippen molar-refractivity contribution in [3.63, 3.8) is 0 Å². The molecule has 0 saturated carbocycles.